The maximum absolute atomic E-state index is 12.4. The fourth-order valence-corrected chi connectivity index (χ4v) is 4.96. The van der Waals surface area contributed by atoms with Crippen molar-refractivity contribution in [1.82, 2.24) is 10.2 Å². The summed E-state index contributed by atoms with van der Waals surface area (Å²) in [5, 5.41) is 12.4. The highest BCUT2D eigenvalue weighted by molar-refractivity contribution is 8.01. The largest absolute Gasteiger partial charge is 0.376 e. The molecular weight excluding hydrogens is 354 g/mol. The zero-order valence-electron chi connectivity index (χ0n) is 14.0. The molecule has 2 aromatic rings. The van der Waals surface area contributed by atoms with Gasteiger partial charge < -0.3 is 10.1 Å². The third-order valence-corrected chi connectivity index (χ3v) is 6.67. The Balaban J connectivity index is 1.28. The summed E-state index contributed by atoms with van der Waals surface area (Å²) in [6.07, 6.45) is 5.96. The summed E-state index contributed by atoms with van der Waals surface area (Å²) in [6.45, 7) is 1.63. The topological polar surface area (TPSA) is 64.1 Å². The predicted octanol–water partition coefficient (Wildman–Crippen LogP) is 3.59. The van der Waals surface area contributed by atoms with Gasteiger partial charge in [-0.1, -0.05) is 35.2 Å². The molecule has 1 aromatic heterocycles. The van der Waals surface area contributed by atoms with Crippen LogP contribution in [0.15, 0.2) is 22.5 Å². The van der Waals surface area contributed by atoms with E-state index in [1.165, 1.54) is 40.6 Å². The summed E-state index contributed by atoms with van der Waals surface area (Å²) in [7, 11) is 0. The van der Waals surface area contributed by atoms with Crippen molar-refractivity contribution in [2.45, 2.75) is 42.5 Å². The van der Waals surface area contributed by atoms with Gasteiger partial charge in [0.25, 0.3) is 0 Å². The van der Waals surface area contributed by atoms with Crippen molar-refractivity contribution in [3.05, 3.63) is 34.9 Å². The number of ketones is 1. The quantitative estimate of drug-likeness (QED) is 0.589. The SMILES string of the molecule is O=C(CSc1nnc(NC[C@@H]2CCCO2)s1)c1ccc2c(c1)CCC2. The number of carbonyl (C=O) groups is 1. The van der Waals surface area contributed by atoms with Crippen molar-refractivity contribution in [3.63, 3.8) is 0 Å². The third-order valence-electron chi connectivity index (χ3n) is 4.66. The number of anilines is 1. The average molecular weight is 376 g/mol. The van der Waals surface area contributed by atoms with Crippen LogP contribution in [0, 0.1) is 0 Å². The van der Waals surface area contributed by atoms with Gasteiger partial charge in [0.05, 0.1) is 11.9 Å². The lowest BCUT2D eigenvalue weighted by Crippen LogP contribution is -2.18. The van der Waals surface area contributed by atoms with Crippen LogP contribution in [0.2, 0.25) is 0 Å². The summed E-state index contributed by atoms with van der Waals surface area (Å²) >= 11 is 2.96. The van der Waals surface area contributed by atoms with Crippen LogP contribution in [0.5, 0.6) is 0 Å². The Morgan fingerprint density at radius 3 is 3.08 bits per heavy atom. The van der Waals surface area contributed by atoms with Crippen LogP contribution in [0.25, 0.3) is 0 Å². The molecule has 1 fully saturated rings. The van der Waals surface area contributed by atoms with Crippen LogP contribution < -0.4 is 5.32 Å². The number of thioether (sulfide) groups is 1. The number of nitrogens with one attached hydrogen (secondary N) is 1. The van der Waals surface area contributed by atoms with Crippen molar-refractivity contribution in [2.75, 3.05) is 24.2 Å². The molecule has 1 aliphatic heterocycles. The number of fused-ring (bicyclic) bond motifs is 1. The smallest absolute Gasteiger partial charge is 0.206 e. The van der Waals surface area contributed by atoms with E-state index in [4.69, 9.17) is 4.74 Å². The second-order valence-corrected chi connectivity index (χ2v) is 8.64. The summed E-state index contributed by atoms with van der Waals surface area (Å²) < 4.78 is 6.41. The van der Waals surface area contributed by atoms with Crippen molar-refractivity contribution < 1.29 is 9.53 Å². The first-order valence-corrected chi connectivity index (χ1v) is 10.5. The fraction of sp³-hybridized carbons (Fsp3) is 0.500. The highest BCUT2D eigenvalue weighted by atomic mass is 32.2. The van der Waals surface area contributed by atoms with Gasteiger partial charge in [-0.2, -0.15) is 0 Å². The van der Waals surface area contributed by atoms with Crippen LogP contribution in [-0.2, 0) is 17.6 Å². The highest BCUT2D eigenvalue weighted by Gasteiger charge is 2.17. The Hall–Kier alpha value is -1.44. The molecule has 0 bridgehead atoms. The number of aromatic nitrogens is 2. The number of carbonyl (C=O) groups excluding carboxylic acids is 1. The molecule has 25 heavy (non-hydrogen) atoms. The van der Waals surface area contributed by atoms with Gasteiger partial charge in [0, 0.05) is 18.7 Å². The molecule has 1 saturated heterocycles. The summed E-state index contributed by atoms with van der Waals surface area (Å²) in [6, 6.07) is 6.14. The Morgan fingerprint density at radius 1 is 1.28 bits per heavy atom. The maximum atomic E-state index is 12.4. The molecule has 5 nitrogen and oxygen atoms in total. The van der Waals surface area contributed by atoms with Gasteiger partial charge in [-0.15, -0.1) is 10.2 Å². The summed E-state index contributed by atoms with van der Waals surface area (Å²) in [5.74, 6) is 0.558. The van der Waals surface area contributed by atoms with Crippen LogP contribution in [0.3, 0.4) is 0 Å². The van der Waals surface area contributed by atoms with E-state index in [0.717, 1.165) is 53.9 Å². The Bertz CT molecular complexity index is 757. The van der Waals surface area contributed by atoms with Gasteiger partial charge in [0.15, 0.2) is 10.1 Å². The number of hydrogen-bond acceptors (Lipinski definition) is 7. The molecule has 0 spiro atoms. The molecule has 4 rings (SSSR count). The number of Topliss-reactive ketones (excluding diaryl/α,β-unsaturated/α-hetero) is 1. The van der Waals surface area contributed by atoms with E-state index in [1.807, 2.05) is 6.07 Å². The van der Waals surface area contributed by atoms with Gasteiger partial charge in [-0.25, -0.2) is 0 Å². The third kappa shape index (κ3) is 4.22. The first-order chi connectivity index (χ1) is 12.3. The fourth-order valence-electron chi connectivity index (χ4n) is 3.30. The molecule has 1 N–H and O–H groups in total. The minimum Gasteiger partial charge on any atom is -0.376 e. The van der Waals surface area contributed by atoms with E-state index >= 15 is 0 Å². The average Bonchev–Trinajstić information content (AvgIpc) is 3.38. The zero-order chi connectivity index (χ0) is 17.1. The number of nitrogens with zero attached hydrogens (tertiary/aromatic N) is 2. The molecule has 0 unspecified atom stereocenters. The predicted molar refractivity (Wildman–Crippen MR) is 101 cm³/mol. The molecule has 0 saturated carbocycles. The molecule has 1 aliphatic carbocycles. The zero-order valence-corrected chi connectivity index (χ0v) is 15.6. The van der Waals surface area contributed by atoms with Gasteiger partial charge >= 0.3 is 0 Å². The summed E-state index contributed by atoms with van der Waals surface area (Å²) in [5.41, 5.74) is 3.55. The molecule has 1 aromatic carbocycles. The maximum Gasteiger partial charge on any atom is 0.206 e. The van der Waals surface area contributed by atoms with Crippen LogP contribution in [0.4, 0.5) is 5.13 Å². The van der Waals surface area contributed by atoms with E-state index < -0.39 is 0 Å². The van der Waals surface area contributed by atoms with Crippen molar-refractivity contribution >= 4 is 34.0 Å². The van der Waals surface area contributed by atoms with Gasteiger partial charge in [0.2, 0.25) is 5.13 Å². The van der Waals surface area contributed by atoms with Gasteiger partial charge in [-0.3, -0.25) is 4.79 Å². The summed E-state index contributed by atoms with van der Waals surface area (Å²) in [4.78, 5) is 12.4. The monoisotopic (exact) mass is 375 g/mol. The highest BCUT2D eigenvalue weighted by Crippen LogP contribution is 2.28. The van der Waals surface area contributed by atoms with E-state index in [-0.39, 0.29) is 11.9 Å². The lowest BCUT2D eigenvalue weighted by Gasteiger charge is -2.08. The molecule has 0 amide bonds. The van der Waals surface area contributed by atoms with Gasteiger partial charge in [0.1, 0.15) is 0 Å². The number of benzene rings is 1. The van der Waals surface area contributed by atoms with Crippen molar-refractivity contribution in [3.8, 4) is 0 Å². The van der Waals surface area contributed by atoms with E-state index in [1.54, 1.807) is 0 Å². The van der Waals surface area contributed by atoms with Crippen LogP contribution in [0.1, 0.15) is 40.7 Å². The van der Waals surface area contributed by atoms with Crippen molar-refractivity contribution in [1.29, 1.82) is 0 Å². The van der Waals surface area contributed by atoms with Crippen LogP contribution in [-0.4, -0.2) is 41.0 Å². The lowest BCUT2D eigenvalue weighted by molar-refractivity contribution is 0.102. The normalized spacial score (nSPS) is 19.1. The minimum atomic E-state index is 0.156. The first-order valence-electron chi connectivity index (χ1n) is 8.75. The first kappa shape index (κ1) is 17.0. The second kappa shape index (κ2) is 7.85. The molecule has 132 valence electrons. The van der Waals surface area contributed by atoms with E-state index in [9.17, 15) is 4.79 Å². The Kier molecular flexibility index (Phi) is 5.33. The molecule has 1 atom stereocenters. The molecule has 0 radical (unpaired) electrons. The lowest BCUT2D eigenvalue weighted by atomic mass is 10.0. The van der Waals surface area contributed by atoms with Crippen LogP contribution >= 0.6 is 23.1 Å². The Morgan fingerprint density at radius 2 is 2.20 bits per heavy atom. The molecule has 2 aliphatic rings. The Labute approximate surface area is 155 Å². The minimum absolute atomic E-state index is 0.156. The number of ether oxygens (including phenoxy) is 1. The molecule has 7 heteroatoms. The number of rotatable bonds is 7. The number of aryl methyl sites for hydroxylation is 2. The number of hydrogen-bond donors (Lipinski definition) is 1. The van der Waals surface area contributed by atoms with Crippen molar-refractivity contribution in [2.24, 2.45) is 0 Å². The van der Waals surface area contributed by atoms with E-state index in [2.05, 4.69) is 27.6 Å². The second-order valence-electron chi connectivity index (χ2n) is 6.44. The van der Waals surface area contributed by atoms with Gasteiger partial charge in [-0.05, 0) is 49.3 Å². The molecule has 2 heterocycles. The van der Waals surface area contributed by atoms with E-state index in [0.29, 0.717) is 5.75 Å². The molecular formula is C18H21N3O2S2. The standard InChI is InChI=1S/C18H21N3O2S2/c22-16(14-7-6-12-3-1-4-13(12)9-14)11-24-18-21-20-17(25-18)19-10-15-5-2-8-23-15/h6-7,9,15H,1-5,8,10-11H2,(H,19,20)/t15-/m0/s1.